The first-order valence-corrected chi connectivity index (χ1v) is 6.24. The lowest BCUT2D eigenvalue weighted by Crippen LogP contribution is -2.18. The predicted octanol–water partition coefficient (Wildman–Crippen LogP) is 3.13. The molecular weight excluding hydrogens is 228 g/mol. The first kappa shape index (κ1) is 14.7. The van der Waals surface area contributed by atoms with Gasteiger partial charge in [-0.2, -0.15) is 0 Å². The Morgan fingerprint density at radius 3 is 2.61 bits per heavy atom. The molecule has 0 heterocycles. The lowest BCUT2D eigenvalue weighted by atomic mass is 9.97. The van der Waals surface area contributed by atoms with E-state index in [2.05, 4.69) is 0 Å². The fourth-order valence-electron chi connectivity index (χ4n) is 1.96. The van der Waals surface area contributed by atoms with Crippen LogP contribution in [0.3, 0.4) is 0 Å². The fraction of sp³-hybridized carbons (Fsp3) is 0.533. The molecule has 0 saturated carbocycles. The monoisotopic (exact) mass is 250 g/mol. The standard InChI is InChI=1S/C15H22O3/c1-11-7-5-8-12(14(11)18-4)13(16)9-6-10-15(2,3)17/h5,7-8,17H,6,9-10H2,1-4H3. The number of aliphatic hydroxyl groups is 1. The van der Waals surface area contributed by atoms with E-state index in [1.807, 2.05) is 19.1 Å². The van der Waals surface area contributed by atoms with Crippen LogP contribution in [0.25, 0.3) is 0 Å². The Hall–Kier alpha value is -1.35. The van der Waals surface area contributed by atoms with Crippen LogP contribution in [-0.4, -0.2) is 23.6 Å². The van der Waals surface area contributed by atoms with E-state index < -0.39 is 5.60 Å². The molecular formula is C15H22O3. The lowest BCUT2D eigenvalue weighted by molar-refractivity contribution is 0.0670. The summed E-state index contributed by atoms with van der Waals surface area (Å²) in [7, 11) is 1.58. The number of benzene rings is 1. The van der Waals surface area contributed by atoms with E-state index in [1.54, 1.807) is 27.0 Å². The molecule has 1 N–H and O–H groups in total. The van der Waals surface area contributed by atoms with Gasteiger partial charge in [0.2, 0.25) is 0 Å². The molecule has 0 radical (unpaired) electrons. The summed E-state index contributed by atoms with van der Waals surface area (Å²) in [5.74, 6) is 0.727. The van der Waals surface area contributed by atoms with Gasteiger partial charge >= 0.3 is 0 Å². The zero-order valence-electron chi connectivity index (χ0n) is 11.6. The topological polar surface area (TPSA) is 46.5 Å². The Morgan fingerprint density at radius 1 is 1.39 bits per heavy atom. The Morgan fingerprint density at radius 2 is 2.06 bits per heavy atom. The summed E-state index contributed by atoms with van der Waals surface area (Å²) in [5.41, 5.74) is 0.885. The second-order valence-corrected chi connectivity index (χ2v) is 5.24. The van der Waals surface area contributed by atoms with Crippen LogP contribution in [-0.2, 0) is 0 Å². The average Bonchev–Trinajstić information content (AvgIpc) is 2.26. The molecule has 0 aliphatic heterocycles. The van der Waals surface area contributed by atoms with Gasteiger partial charge in [0.25, 0.3) is 0 Å². The van der Waals surface area contributed by atoms with Gasteiger partial charge in [0.15, 0.2) is 5.78 Å². The van der Waals surface area contributed by atoms with Gasteiger partial charge in [0.05, 0.1) is 18.3 Å². The molecule has 3 nitrogen and oxygen atoms in total. The van der Waals surface area contributed by atoms with Crippen molar-refractivity contribution < 1.29 is 14.6 Å². The second-order valence-electron chi connectivity index (χ2n) is 5.24. The van der Waals surface area contributed by atoms with Gasteiger partial charge < -0.3 is 9.84 Å². The van der Waals surface area contributed by atoms with Crippen molar-refractivity contribution >= 4 is 5.78 Å². The number of hydrogen-bond acceptors (Lipinski definition) is 3. The predicted molar refractivity (Wildman–Crippen MR) is 72.2 cm³/mol. The number of methoxy groups -OCH3 is 1. The van der Waals surface area contributed by atoms with Crippen molar-refractivity contribution in [3.8, 4) is 5.75 Å². The number of Topliss-reactive ketones (excluding diaryl/α,β-unsaturated/α-hetero) is 1. The zero-order valence-corrected chi connectivity index (χ0v) is 11.6. The van der Waals surface area contributed by atoms with Gasteiger partial charge in [-0.25, -0.2) is 0 Å². The van der Waals surface area contributed by atoms with Gasteiger partial charge in [0.1, 0.15) is 5.75 Å². The quantitative estimate of drug-likeness (QED) is 0.789. The highest BCUT2D eigenvalue weighted by molar-refractivity contribution is 5.99. The van der Waals surface area contributed by atoms with Crippen LogP contribution in [0, 0.1) is 6.92 Å². The minimum absolute atomic E-state index is 0.0693. The first-order chi connectivity index (χ1) is 8.35. The summed E-state index contributed by atoms with van der Waals surface area (Å²) in [6.45, 7) is 5.43. The Kier molecular flexibility index (Phi) is 4.91. The highest BCUT2D eigenvalue weighted by Gasteiger charge is 2.16. The van der Waals surface area contributed by atoms with Crippen molar-refractivity contribution in [2.75, 3.05) is 7.11 Å². The van der Waals surface area contributed by atoms with Crippen molar-refractivity contribution in [3.63, 3.8) is 0 Å². The smallest absolute Gasteiger partial charge is 0.166 e. The molecule has 100 valence electrons. The summed E-state index contributed by atoms with van der Waals surface area (Å²) in [5, 5.41) is 9.61. The molecule has 0 fully saturated rings. The number of hydrogen-bond donors (Lipinski definition) is 1. The van der Waals surface area contributed by atoms with E-state index in [-0.39, 0.29) is 5.78 Å². The second kappa shape index (κ2) is 6.01. The molecule has 0 atom stereocenters. The number of para-hydroxylation sites is 1. The highest BCUT2D eigenvalue weighted by Crippen LogP contribution is 2.25. The maximum atomic E-state index is 12.1. The van der Waals surface area contributed by atoms with E-state index in [0.717, 1.165) is 5.56 Å². The summed E-state index contributed by atoms with van der Waals surface area (Å²) in [4.78, 5) is 12.1. The third kappa shape index (κ3) is 4.15. The fourth-order valence-corrected chi connectivity index (χ4v) is 1.96. The number of carbonyl (C=O) groups is 1. The van der Waals surface area contributed by atoms with Crippen molar-refractivity contribution in [2.45, 2.75) is 45.6 Å². The molecule has 1 aromatic rings. The van der Waals surface area contributed by atoms with E-state index in [0.29, 0.717) is 30.6 Å². The maximum Gasteiger partial charge on any atom is 0.166 e. The van der Waals surface area contributed by atoms with Crippen LogP contribution >= 0.6 is 0 Å². The van der Waals surface area contributed by atoms with Crippen LogP contribution in [0.15, 0.2) is 18.2 Å². The summed E-state index contributed by atoms with van der Waals surface area (Å²) >= 11 is 0. The van der Waals surface area contributed by atoms with Gasteiger partial charge in [-0.3, -0.25) is 4.79 Å². The molecule has 0 saturated heterocycles. The van der Waals surface area contributed by atoms with Gasteiger partial charge in [-0.1, -0.05) is 12.1 Å². The summed E-state index contributed by atoms with van der Waals surface area (Å²) in [6.07, 6.45) is 1.73. The highest BCUT2D eigenvalue weighted by atomic mass is 16.5. The minimum atomic E-state index is -0.711. The van der Waals surface area contributed by atoms with E-state index in [4.69, 9.17) is 4.74 Å². The molecule has 0 spiro atoms. The largest absolute Gasteiger partial charge is 0.496 e. The van der Waals surface area contributed by atoms with Gasteiger partial charge in [-0.15, -0.1) is 0 Å². The van der Waals surface area contributed by atoms with Crippen molar-refractivity contribution in [1.82, 2.24) is 0 Å². The van der Waals surface area contributed by atoms with Gasteiger partial charge in [-0.05, 0) is 45.2 Å². The zero-order chi connectivity index (χ0) is 13.8. The summed E-state index contributed by atoms with van der Waals surface area (Å²) < 4.78 is 5.27. The van der Waals surface area contributed by atoms with Crippen LogP contribution < -0.4 is 4.74 Å². The third-order valence-corrected chi connectivity index (χ3v) is 2.91. The molecule has 0 amide bonds. The Labute approximate surface area is 109 Å². The first-order valence-electron chi connectivity index (χ1n) is 6.24. The number of aryl methyl sites for hydroxylation is 1. The Bertz CT molecular complexity index is 416. The maximum absolute atomic E-state index is 12.1. The molecule has 18 heavy (non-hydrogen) atoms. The molecule has 1 aromatic carbocycles. The molecule has 3 heteroatoms. The molecule has 0 aliphatic carbocycles. The molecule has 0 bridgehead atoms. The summed E-state index contributed by atoms with van der Waals surface area (Å²) in [6, 6.07) is 5.58. The molecule has 0 aromatic heterocycles. The van der Waals surface area contributed by atoms with Crippen LogP contribution in [0.2, 0.25) is 0 Å². The minimum Gasteiger partial charge on any atom is -0.496 e. The normalized spacial score (nSPS) is 11.4. The Balaban J connectivity index is 2.70. The molecule has 0 aliphatic rings. The van der Waals surface area contributed by atoms with Crippen LogP contribution in [0.1, 0.15) is 49.0 Å². The number of ketones is 1. The van der Waals surface area contributed by atoms with Crippen molar-refractivity contribution in [1.29, 1.82) is 0 Å². The SMILES string of the molecule is COc1c(C)cccc1C(=O)CCCC(C)(C)O. The van der Waals surface area contributed by atoms with E-state index in [1.165, 1.54) is 0 Å². The third-order valence-electron chi connectivity index (χ3n) is 2.91. The van der Waals surface area contributed by atoms with Crippen LogP contribution in [0.4, 0.5) is 0 Å². The van der Waals surface area contributed by atoms with E-state index in [9.17, 15) is 9.90 Å². The van der Waals surface area contributed by atoms with Gasteiger partial charge in [0, 0.05) is 6.42 Å². The molecule has 1 rings (SSSR count). The number of rotatable bonds is 6. The van der Waals surface area contributed by atoms with Crippen molar-refractivity contribution in [2.24, 2.45) is 0 Å². The number of carbonyl (C=O) groups excluding carboxylic acids is 1. The van der Waals surface area contributed by atoms with E-state index >= 15 is 0 Å². The van der Waals surface area contributed by atoms with Crippen molar-refractivity contribution in [3.05, 3.63) is 29.3 Å². The van der Waals surface area contributed by atoms with Crippen LogP contribution in [0.5, 0.6) is 5.75 Å². The number of ether oxygens (including phenoxy) is 1. The average molecular weight is 250 g/mol. The molecule has 0 unspecified atom stereocenters. The lowest BCUT2D eigenvalue weighted by Gasteiger charge is -2.16.